The lowest BCUT2D eigenvalue weighted by molar-refractivity contribution is 0.0732. The van der Waals surface area contributed by atoms with Gasteiger partial charge < -0.3 is 15.0 Å². The second kappa shape index (κ2) is 4.86. The molecule has 0 saturated carbocycles. The van der Waals surface area contributed by atoms with Gasteiger partial charge in [0.1, 0.15) is 18.8 Å². The summed E-state index contributed by atoms with van der Waals surface area (Å²) in [5.74, 6) is 0.0352. The summed E-state index contributed by atoms with van der Waals surface area (Å²) in [4.78, 5) is 15.2. The minimum Gasteiger partial charge on any atom is -0.383 e. The zero-order valence-corrected chi connectivity index (χ0v) is 11.5. The first-order valence-corrected chi connectivity index (χ1v) is 8.56. The molecule has 2 N–H and O–H groups in total. The second-order valence-electron chi connectivity index (χ2n) is 5.01. The van der Waals surface area contributed by atoms with E-state index in [0.717, 1.165) is 12.8 Å². The Hall–Kier alpha value is -1.13. The van der Waals surface area contributed by atoms with E-state index < -0.39 is 7.14 Å². The lowest BCUT2D eigenvalue weighted by atomic mass is 10.2. The average molecular weight is 271 g/mol. The lowest BCUT2D eigenvalue weighted by Crippen LogP contribution is -2.28. The molecular weight excluding hydrogens is 253 g/mol. The molecule has 0 amide bonds. The molecule has 1 aromatic rings. The summed E-state index contributed by atoms with van der Waals surface area (Å²) in [5.41, 5.74) is 5.05. The van der Waals surface area contributed by atoms with Crippen molar-refractivity contribution in [3.8, 4) is 0 Å². The minimum absolute atomic E-state index is 0.0775. The highest BCUT2D eigenvalue weighted by Crippen LogP contribution is 2.48. The maximum absolute atomic E-state index is 11.9. The van der Waals surface area contributed by atoms with Crippen LogP contribution in [0, 0.1) is 0 Å². The topological polar surface area (TPSA) is 87.2 Å². The molecule has 0 spiro atoms. The van der Waals surface area contributed by atoms with Crippen LogP contribution in [0.4, 0.5) is 5.82 Å². The number of anilines is 1. The molecule has 0 radical (unpaired) electrons. The Balaban J connectivity index is 2.04. The summed E-state index contributed by atoms with van der Waals surface area (Å²) in [6.45, 7) is 3.90. The van der Waals surface area contributed by atoms with Gasteiger partial charge in [0.25, 0.3) is 0 Å². The van der Waals surface area contributed by atoms with Crippen LogP contribution in [0.15, 0.2) is 17.1 Å². The number of rotatable bonds is 3. The van der Waals surface area contributed by atoms with E-state index in [2.05, 4.69) is 4.98 Å². The van der Waals surface area contributed by atoms with E-state index in [-0.39, 0.29) is 23.5 Å². The largest absolute Gasteiger partial charge is 0.383 e. The zero-order chi connectivity index (χ0) is 13.3. The monoisotopic (exact) mass is 271 g/mol. The van der Waals surface area contributed by atoms with Gasteiger partial charge in [-0.3, -0.25) is 4.57 Å². The maximum atomic E-state index is 11.9. The number of ether oxygens (including phenoxy) is 1. The third kappa shape index (κ3) is 3.00. The molecule has 1 saturated heterocycles. The summed E-state index contributed by atoms with van der Waals surface area (Å²) in [7, 11) is -2.22. The quantitative estimate of drug-likeness (QED) is 0.827. The standard InChI is InChI=1S/C11H18N3O3P/c1-18(2,16)10-4-3-8(17-10)7-14-6-5-9(12)13-11(14)15/h5-6,8,10H,3-4,7H2,1-2H3,(H2,12,13,15). The van der Waals surface area contributed by atoms with Crippen molar-refractivity contribution in [2.75, 3.05) is 19.1 Å². The Kier molecular flexibility index (Phi) is 3.59. The lowest BCUT2D eigenvalue weighted by Gasteiger charge is -2.17. The van der Waals surface area contributed by atoms with Crippen molar-refractivity contribution in [1.82, 2.24) is 9.55 Å². The molecule has 1 fully saturated rings. The van der Waals surface area contributed by atoms with E-state index in [1.54, 1.807) is 25.6 Å². The Bertz CT molecular complexity index is 537. The van der Waals surface area contributed by atoms with Crippen LogP contribution in [0.5, 0.6) is 0 Å². The molecule has 2 atom stereocenters. The second-order valence-corrected chi connectivity index (χ2v) is 8.46. The van der Waals surface area contributed by atoms with Crippen molar-refractivity contribution in [3.05, 3.63) is 22.7 Å². The van der Waals surface area contributed by atoms with Crippen LogP contribution in [0.2, 0.25) is 0 Å². The Morgan fingerprint density at radius 3 is 2.83 bits per heavy atom. The van der Waals surface area contributed by atoms with Gasteiger partial charge in [-0.05, 0) is 32.2 Å². The summed E-state index contributed by atoms with van der Waals surface area (Å²) in [6.07, 6.45) is 3.13. The molecule has 2 rings (SSSR count). The molecule has 1 aliphatic rings. The highest BCUT2D eigenvalue weighted by molar-refractivity contribution is 7.62. The molecule has 2 unspecified atom stereocenters. The van der Waals surface area contributed by atoms with E-state index in [1.165, 1.54) is 4.57 Å². The van der Waals surface area contributed by atoms with Crippen LogP contribution in [-0.4, -0.2) is 34.8 Å². The van der Waals surface area contributed by atoms with Gasteiger partial charge in [-0.1, -0.05) is 0 Å². The van der Waals surface area contributed by atoms with Gasteiger partial charge in [-0.15, -0.1) is 0 Å². The van der Waals surface area contributed by atoms with Crippen LogP contribution >= 0.6 is 7.14 Å². The molecule has 6 nitrogen and oxygen atoms in total. The van der Waals surface area contributed by atoms with E-state index in [0.29, 0.717) is 6.54 Å². The first-order valence-electron chi connectivity index (χ1n) is 5.89. The molecule has 18 heavy (non-hydrogen) atoms. The smallest absolute Gasteiger partial charge is 0.349 e. The van der Waals surface area contributed by atoms with Gasteiger partial charge in [-0.2, -0.15) is 4.98 Å². The molecule has 1 aromatic heterocycles. The molecule has 2 heterocycles. The predicted octanol–water partition coefficient (Wildman–Crippen LogP) is 0.953. The predicted molar refractivity (Wildman–Crippen MR) is 70.3 cm³/mol. The third-order valence-corrected chi connectivity index (χ3v) is 4.84. The fourth-order valence-corrected chi connectivity index (χ4v) is 3.31. The number of nitrogen functional groups attached to an aromatic ring is 1. The van der Waals surface area contributed by atoms with Gasteiger partial charge in [0.05, 0.1) is 12.6 Å². The first kappa shape index (κ1) is 13.3. The van der Waals surface area contributed by atoms with Crippen LogP contribution in [-0.2, 0) is 15.8 Å². The molecular formula is C11H18N3O3P. The highest BCUT2D eigenvalue weighted by Gasteiger charge is 2.33. The van der Waals surface area contributed by atoms with Crippen molar-refractivity contribution >= 4 is 13.0 Å². The van der Waals surface area contributed by atoms with Gasteiger partial charge in [0.15, 0.2) is 0 Å². The molecule has 0 aromatic carbocycles. The van der Waals surface area contributed by atoms with E-state index in [4.69, 9.17) is 10.5 Å². The zero-order valence-electron chi connectivity index (χ0n) is 10.6. The molecule has 1 aliphatic heterocycles. The van der Waals surface area contributed by atoms with E-state index in [9.17, 15) is 9.36 Å². The highest BCUT2D eigenvalue weighted by atomic mass is 31.2. The number of nitrogens with zero attached hydrogens (tertiary/aromatic N) is 2. The summed E-state index contributed by atoms with van der Waals surface area (Å²) >= 11 is 0. The Morgan fingerprint density at radius 1 is 1.56 bits per heavy atom. The summed E-state index contributed by atoms with van der Waals surface area (Å²) < 4.78 is 19.1. The minimum atomic E-state index is -2.22. The van der Waals surface area contributed by atoms with Gasteiger partial charge in [-0.25, -0.2) is 4.79 Å². The molecule has 0 bridgehead atoms. The van der Waals surface area contributed by atoms with Gasteiger partial charge in [0.2, 0.25) is 0 Å². The van der Waals surface area contributed by atoms with Crippen LogP contribution in [0.1, 0.15) is 12.8 Å². The number of hydrogen-bond donors (Lipinski definition) is 1. The van der Waals surface area contributed by atoms with E-state index >= 15 is 0 Å². The number of aromatic nitrogens is 2. The molecule has 100 valence electrons. The Morgan fingerprint density at radius 2 is 2.28 bits per heavy atom. The van der Waals surface area contributed by atoms with Crippen LogP contribution in [0.3, 0.4) is 0 Å². The van der Waals surface area contributed by atoms with Crippen molar-refractivity contribution in [3.63, 3.8) is 0 Å². The molecule has 7 heteroatoms. The number of nitrogens with two attached hydrogens (primary N) is 1. The van der Waals surface area contributed by atoms with E-state index in [1.807, 2.05) is 0 Å². The fourth-order valence-electron chi connectivity index (χ4n) is 2.08. The van der Waals surface area contributed by atoms with Crippen molar-refractivity contribution < 1.29 is 9.30 Å². The van der Waals surface area contributed by atoms with Crippen molar-refractivity contribution in [1.29, 1.82) is 0 Å². The van der Waals surface area contributed by atoms with Crippen molar-refractivity contribution in [2.24, 2.45) is 0 Å². The normalized spacial score (nSPS) is 24.3. The SMILES string of the molecule is CP(C)(=O)C1CCC(Cn2ccc(N)nc2=O)O1. The maximum Gasteiger partial charge on any atom is 0.349 e. The summed E-state index contributed by atoms with van der Waals surface area (Å²) in [5, 5.41) is 0. The molecule has 0 aliphatic carbocycles. The van der Waals surface area contributed by atoms with Crippen LogP contribution < -0.4 is 11.4 Å². The average Bonchev–Trinajstić information content (AvgIpc) is 2.70. The van der Waals surface area contributed by atoms with Gasteiger partial charge >= 0.3 is 5.69 Å². The van der Waals surface area contributed by atoms with Crippen LogP contribution in [0.25, 0.3) is 0 Å². The van der Waals surface area contributed by atoms with Gasteiger partial charge in [0, 0.05) is 6.20 Å². The van der Waals surface area contributed by atoms with Crippen molar-refractivity contribution in [2.45, 2.75) is 31.3 Å². The number of hydrogen-bond acceptors (Lipinski definition) is 5. The summed E-state index contributed by atoms with van der Waals surface area (Å²) in [6, 6.07) is 1.58. The Labute approximate surface area is 106 Å². The third-order valence-electron chi connectivity index (χ3n) is 3.07. The first-order chi connectivity index (χ1) is 8.36. The fraction of sp³-hybridized carbons (Fsp3) is 0.636.